The summed E-state index contributed by atoms with van der Waals surface area (Å²) < 4.78 is 4.53. The largest absolute Gasteiger partial charge is 0.473 e. The van der Waals surface area contributed by atoms with E-state index in [0.717, 1.165) is 0 Å². The fourth-order valence-corrected chi connectivity index (χ4v) is 0.923. The van der Waals surface area contributed by atoms with Gasteiger partial charge in [0.15, 0.2) is 0 Å². The Hall–Kier alpha value is -1.98. The van der Waals surface area contributed by atoms with Gasteiger partial charge in [-0.05, 0) is 20.8 Å². The van der Waals surface area contributed by atoms with E-state index in [0.29, 0.717) is 17.1 Å². The molecular formula is C9H10N2O4. The molecule has 0 aliphatic carbocycles. The molecule has 1 aromatic heterocycles. The average Bonchev–Trinajstić information content (AvgIpc) is 2.13. The molecule has 0 fully saturated rings. The average molecular weight is 210 g/mol. The number of nitrogens with zero attached hydrogens (tertiary/aromatic N) is 2. The molecule has 0 saturated carbocycles. The van der Waals surface area contributed by atoms with Crippen LogP contribution in [0.2, 0.25) is 0 Å². The summed E-state index contributed by atoms with van der Waals surface area (Å²) in [6.45, 7) is 5.04. The third-order valence-corrected chi connectivity index (χ3v) is 1.80. The molecular weight excluding hydrogens is 200 g/mol. The summed E-state index contributed by atoms with van der Waals surface area (Å²) in [6, 6.07) is 0. The maximum absolute atomic E-state index is 10.8. The van der Waals surface area contributed by atoms with Crippen molar-refractivity contribution in [3.63, 3.8) is 0 Å². The van der Waals surface area contributed by atoms with Crippen molar-refractivity contribution in [2.24, 2.45) is 0 Å². The highest BCUT2D eigenvalue weighted by molar-refractivity contribution is 6.29. The van der Waals surface area contributed by atoms with Crippen LogP contribution < -0.4 is 4.74 Å². The lowest BCUT2D eigenvalue weighted by molar-refractivity contribution is -0.158. The maximum atomic E-state index is 10.8. The third kappa shape index (κ3) is 2.49. The number of hydrogen-bond donors (Lipinski definition) is 1. The van der Waals surface area contributed by atoms with Crippen molar-refractivity contribution in [1.82, 2.24) is 9.97 Å². The van der Waals surface area contributed by atoms with Gasteiger partial charge in [-0.1, -0.05) is 0 Å². The Morgan fingerprint density at radius 1 is 1.07 bits per heavy atom. The molecule has 0 amide bonds. The smallest absolute Gasteiger partial charge is 0.424 e. The lowest BCUT2D eigenvalue weighted by Crippen LogP contribution is -2.20. The third-order valence-electron chi connectivity index (χ3n) is 1.80. The van der Waals surface area contributed by atoms with E-state index < -0.39 is 11.9 Å². The molecule has 6 heteroatoms. The summed E-state index contributed by atoms with van der Waals surface area (Å²) in [6.07, 6.45) is 0. The Morgan fingerprint density at radius 2 is 1.60 bits per heavy atom. The monoisotopic (exact) mass is 210 g/mol. The highest BCUT2D eigenvalue weighted by atomic mass is 16.6. The lowest BCUT2D eigenvalue weighted by Gasteiger charge is -2.06. The summed E-state index contributed by atoms with van der Waals surface area (Å²) >= 11 is 0. The number of carbonyl (C=O) groups excluding carboxylic acids is 1. The van der Waals surface area contributed by atoms with Crippen LogP contribution in [0.4, 0.5) is 0 Å². The molecule has 0 spiro atoms. The van der Waals surface area contributed by atoms with Gasteiger partial charge in [-0.15, -0.1) is 0 Å². The molecule has 0 bridgehead atoms. The zero-order chi connectivity index (χ0) is 11.6. The second-order valence-electron chi connectivity index (χ2n) is 2.98. The van der Waals surface area contributed by atoms with Crippen LogP contribution in [-0.2, 0) is 9.59 Å². The minimum Gasteiger partial charge on any atom is -0.473 e. The molecule has 0 aliphatic heterocycles. The van der Waals surface area contributed by atoms with Gasteiger partial charge in [-0.25, -0.2) is 14.6 Å². The first kappa shape index (κ1) is 11.1. The molecule has 80 valence electrons. The van der Waals surface area contributed by atoms with Gasteiger partial charge in [0.2, 0.25) is 5.88 Å². The molecule has 6 nitrogen and oxygen atoms in total. The minimum absolute atomic E-state index is 0.0644. The van der Waals surface area contributed by atoms with Gasteiger partial charge >= 0.3 is 11.9 Å². The van der Waals surface area contributed by atoms with Crippen LogP contribution in [0, 0.1) is 20.8 Å². The van der Waals surface area contributed by atoms with Crippen LogP contribution >= 0.6 is 0 Å². The molecule has 1 rings (SSSR count). The molecule has 0 unspecified atom stereocenters. The van der Waals surface area contributed by atoms with Gasteiger partial charge in [-0.3, -0.25) is 4.98 Å². The number of aromatic nitrogens is 2. The topological polar surface area (TPSA) is 89.4 Å². The van der Waals surface area contributed by atoms with Gasteiger partial charge in [0.1, 0.15) is 5.69 Å². The molecule has 0 radical (unpaired) electrons. The molecule has 0 aromatic carbocycles. The number of esters is 1. The zero-order valence-electron chi connectivity index (χ0n) is 8.57. The van der Waals surface area contributed by atoms with Crippen LogP contribution in [-0.4, -0.2) is 27.0 Å². The molecule has 1 heterocycles. The molecule has 1 aromatic rings. The number of aryl methyl sites for hydroxylation is 3. The molecule has 0 atom stereocenters. The van der Waals surface area contributed by atoms with Crippen LogP contribution in [0.25, 0.3) is 0 Å². The normalized spacial score (nSPS) is 9.80. The zero-order valence-corrected chi connectivity index (χ0v) is 8.57. The highest BCUT2D eigenvalue weighted by Crippen LogP contribution is 2.14. The van der Waals surface area contributed by atoms with Gasteiger partial charge in [-0.2, -0.15) is 0 Å². The van der Waals surface area contributed by atoms with Crippen molar-refractivity contribution in [2.45, 2.75) is 20.8 Å². The van der Waals surface area contributed by atoms with Gasteiger partial charge in [0, 0.05) is 0 Å². The Morgan fingerprint density at radius 3 is 2.13 bits per heavy atom. The Labute approximate surface area is 85.9 Å². The number of carboxylic acids is 1. The van der Waals surface area contributed by atoms with E-state index in [1.807, 2.05) is 0 Å². The number of carbonyl (C=O) groups is 2. The van der Waals surface area contributed by atoms with Crippen molar-refractivity contribution in [1.29, 1.82) is 0 Å². The maximum Gasteiger partial charge on any atom is 0.424 e. The molecule has 1 N–H and O–H groups in total. The first-order chi connectivity index (χ1) is 6.91. The first-order valence-corrected chi connectivity index (χ1v) is 4.18. The van der Waals surface area contributed by atoms with E-state index >= 15 is 0 Å². The van der Waals surface area contributed by atoms with Gasteiger partial charge < -0.3 is 9.84 Å². The van der Waals surface area contributed by atoms with Crippen molar-refractivity contribution >= 4 is 11.9 Å². The second-order valence-corrected chi connectivity index (χ2v) is 2.98. The molecule has 0 aliphatic rings. The van der Waals surface area contributed by atoms with Gasteiger partial charge in [0.05, 0.1) is 11.4 Å². The van der Waals surface area contributed by atoms with Crippen molar-refractivity contribution in [3.05, 3.63) is 17.1 Å². The van der Waals surface area contributed by atoms with Crippen LogP contribution in [0.5, 0.6) is 5.88 Å². The lowest BCUT2D eigenvalue weighted by atomic mass is 10.3. The van der Waals surface area contributed by atoms with Crippen molar-refractivity contribution in [2.75, 3.05) is 0 Å². The van der Waals surface area contributed by atoms with E-state index in [9.17, 15) is 9.59 Å². The summed E-state index contributed by atoms with van der Waals surface area (Å²) in [5, 5.41) is 8.34. The quantitative estimate of drug-likeness (QED) is 0.532. The number of carboxylic acid groups (broad SMARTS) is 1. The van der Waals surface area contributed by atoms with Crippen molar-refractivity contribution in [3.8, 4) is 5.88 Å². The number of ether oxygens (including phenoxy) is 1. The fourth-order valence-electron chi connectivity index (χ4n) is 0.923. The summed E-state index contributed by atoms with van der Waals surface area (Å²) in [5.41, 5.74) is 1.68. The van der Waals surface area contributed by atoms with Crippen LogP contribution in [0.1, 0.15) is 17.1 Å². The van der Waals surface area contributed by atoms with Crippen LogP contribution in [0.3, 0.4) is 0 Å². The number of rotatable bonds is 1. The number of aliphatic carboxylic acids is 1. The van der Waals surface area contributed by atoms with E-state index in [-0.39, 0.29) is 5.88 Å². The minimum atomic E-state index is -1.66. The predicted octanol–water partition coefficient (Wildman–Crippen LogP) is 0.392. The Bertz CT molecular complexity index is 428. The van der Waals surface area contributed by atoms with Crippen LogP contribution in [0.15, 0.2) is 0 Å². The standard InChI is InChI=1S/C9H10N2O4/c1-4-5(2)11-7(6(3)10-4)15-9(14)8(12)13/h1-3H3,(H,12,13). The van der Waals surface area contributed by atoms with E-state index in [4.69, 9.17) is 5.11 Å². The molecule has 0 saturated heterocycles. The highest BCUT2D eigenvalue weighted by Gasteiger charge is 2.17. The Balaban J connectivity index is 3.01. The second kappa shape index (κ2) is 4.04. The SMILES string of the molecule is Cc1nc(C)c(OC(=O)C(=O)O)nc1C. The summed E-state index contributed by atoms with van der Waals surface area (Å²) in [7, 11) is 0. The van der Waals surface area contributed by atoms with E-state index in [1.54, 1.807) is 20.8 Å². The summed E-state index contributed by atoms with van der Waals surface area (Å²) in [4.78, 5) is 29.0. The van der Waals surface area contributed by atoms with E-state index in [1.165, 1.54) is 0 Å². The number of hydrogen-bond acceptors (Lipinski definition) is 5. The summed E-state index contributed by atoms with van der Waals surface area (Å²) in [5.74, 6) is -3.09. The van der Waals surface area contributed by atoms with Crippen molar-refractivity contribution < 1.29 is 19.4 Å². The predicted molar refractivity (Wildman–Crippen MR) is 49.5 cm³/mol. The molecule has 15 heavy (non-hydrogen) atoms. The van der Waals surface area contributed by atoms with Gasteiger partial charge in [0.25, 0.3) is 0 Å². The first-order valence-electron chi connectivity index (χ1n) is 4.18. The fraction of sp³-hybridized carbons (Fsp3) is 0.333. The van der Waals surface area contributed by atoms with E-state index in [2.05, 4.69) is 14.7 Å². The Kier molecular flexibility index (Phi) is 2.99.